The first-order valence-electron chi connectivity index (χ1n) is 9.09. The van der Waals surface area contributed by atoms with Gasteiger partial charge in [-0.05, 0) is 38.1 Å². The van der Waals surface area contributed by atoms with E-state index in [1.165, 1.54) is 13.3 Å². The molecule has 8 nitrogen and oxygen atoms in total. The van der Waals surface area contributed by atoms with E-state index in [0.29, 0.717) is 18.9 Å². The largest absolute Gasteiger partial charge is 0.382 e. The maximum absolute atomic E-state index is 13.1. The Hall–Kier alpha value is -3.42. The lowest BCUT2D eigenvalue weighted by molar-refractivity contribution is -0.145. The van der Waals surface area contributed by atoms with Crippen LogP contribution in [0, 0.1) is 0 Å². The van der Waals surface area contributed by atoms with Gasteiger partial charge in [0.1, 0.15) is 17.4 Å². The van der Waals surface area contributed by atoms with E-state index in [-0.39, 0.29) is 11.8 Å². The van der Waals surface area contributed by atoms with E-state index < -0.39 is 5.54 Å². The molecule has 2 amide bonds. The fourth-order valence-electron chi connectivity index (χ4n) is 3.83. The molecule has 144 valence electrons. The molecule has 4 rings (SSSR count). The molecule has 1 aliphatic heterocycles. The Kier molecular flexibility index (Phi) is 4.06. The summed E-state index contributed by atoms with van der Waals surface area (Å²) in [6, 6.07) is 11.5. The molecule has 2 N–H and O–H groups in total. The van der Waals surface area contributed by atoms with Gasteiger partial charge in [0, 0.05) is 31.3 Å². The van der Waals surface area contributed by atoms with E-state index in [2.05, 4.69) is 10.1 Å². The zero-order chi connectivity index (χ0) is 20.1. The van der Waals surface area contributed by atoms with Crippen LogP contribution in [0.15, 0.2) is 42.7 Å². The molecule has 1 aliphatic rings. The number of piperazine rings is 1. The molecule has 0 bridgehead atoms. The SMILES string of the molecule is CC(=O)N1CCN(c2cccc(-c3ccc4c(N)ncnn34)c2)C(=O)C1(C)C. The summed E-state index contributed by atoms with van der Waals surface area (Å²) < 4.78 is 1.74. The smallest absolute Gasteiger partial charge is 0.252 e. The maximum Gasteiger partial charge on any atom is 0.252 e. The van der Waals surface area contributed by atoms with Crippen molar-refractivity contribution in [3.05, 3.63) is 42.7 Å². The summed E-state index contributed by atoms with van der Waals surface area (Å²) in [6.07, 6.45) is 1.42. The van der Waals surface area contributed by atoms with Gasteiger partial charge in [-0.15, -0.1) is 0 Å². The van der Waals surface area contributed by atoms with Crippen LogP contribution >= 0.6 is 0 Å². The average molecular weight is 378 g/mol. The fraction of sp³-hybridized carbons (Fsp3) is 0.300. The van der Waals surface area contributed by atoms with Crippen molar-refractivity contribution in [2.45, 2.75) is 26.3 Å². The van der Waals surface area contributed by atoms with Gasteiger partial charge in [0.2, 0.25) is 5.91 Å². The van der Waals surface area contributed by atoms with E-state index >= 15 is 0 Å². The van der Waals surface area contributed by atoms with Crippen molar-refractivity contribution in [3.8, 4) is 11.3 Å². The molecule has 0 radical (unpaired) electrons. The Morgan fingerprint density at radius 1 is 1.18 bits per heavy atom. The molecule has 1 aromatic carbocycles. The van der Waals surface area contributed by atoms with Crippen LogP contribution in [0.3, 0.4) is 0 Å². The highest BCUT2D eigenvalue weighted by Crippen LogP contribution is 2.31. The van der Waals surface area contributed by atoms with Gasteiger partial charge < -0.3 is 15.5 Å². The molecule has 0 saturated carbocycles. The van der Waals surface area contributed by atoms with Crippen LogP contribution in [0.4, 0.5) is 11.5 Å². The monoisotopic (exact) mass is 378 g/mol. The topological polar surface area (TPSA) is 96.8 Å². The lowest BCUT2D eigenvalue weighted by Gasteiger charge is -2.45. The van der Waals surface area contributed by atoms with Gasteiger partial charge in [0.05, 0.1) is 5.69 Å². The zero-order valence-electron chi connectivity index (χ0n) is 16.1. The van der Waals surface area contributed by atoms with Crippen LogP contribution in [0.25, 0.3) is 16.8 Å². The molecule has 2 aromatic heterocycles. The third-order valence-electron chi connectivity index (χ3n) is 5.31. The standard InChI is InChI=1S/C20H22N6O2/c1-13(27)25-10-9-24(19(28)20(25,2)3)15-6-4-5-14(11-15)16-7-8-17-18(21)22-12-23-26(16)17/h4-8,11-12H,9-10H2,1-3H3,(H2,21,22,23). The fourth-order valence-corrected chi connectivity index (χ4v) is 3.83. The number of fused-ring (bicyclic) bond motifs is 1. The van der Waals surface area contributed by atoms with Gasteiger partial charge in [0.25, 0.3) is 5.91 Å². The number of amides is 2. The molecule has 1 saturated heterocycles. The Balaban J connectivity index is 1.72. The Bertz CT molecular complexity index is 1090. The van der Waals surface area contributed by atoms with E-state index in [9.17, 15) is 9.59 Å². The summed E-state index contributed by atoms with van der Waals surface area (Å²) in [5, 5.41) is 4.29. The van der Waals surface area contributed by atoms with Crippen molar-refractivity contribution in [3.63, 3.8) is 0 Å². The van der Waals surface area contributed by atoms with Gasteiger partial charge in [0.15, 0.2) is 5.82 Å². The minimum absolute atomic E-state index is 0.0938. The van der Waals surface area contributed by atoms with Crippen LogP contribution in [-0.4, -0.2) is 49.9 Å². The molecule has 0 unspecified atom stereocenters. The maximum atomic E-state index is 13.1. The molecule has 1 fully saturated rings. The predicted molar refractivity (Wildman–Crippen MR) is 107 cm³/mol. The summed E-state index contributed by atoms with van der Waals surface area (Å²) in [5.74, 6) is 0.219. The molecular formula is C20H22N6O2. The highest BCUT2D eigenvalue weighted by Gasteiger charge is 2.43. The van der Waals surface area contributed by atoms with Gasteiger partial charge in [-0.1, -0.05) is 12.1 Å². The summed E-state index contributed by atoms with van der Waals surface area (Å²) in [4.78, 5) is 32.4. The van der Waals surface area contributed by atoms with Gasteiger partial charge in [-0.3, -0.25) is 9.59 Å². The van der Waals surface area contributed by atoms with E-state index in [4.69, 9.17) is 5.73 Å². The number of nitrogens with zero attached hydrogens (tertiary/aromatic N) is 5. The number of hydrogen-bond donors (Lipinski definition) is 1. The first-order valence-corrected chi connectivity index (χ1v) is 9.09. The molecular weight excluding hydrogens is 356 g/mol. The van der Waals surface area contributed by atoms with Crippen molar-refractivity contribution in [2.24, 2.45) is 0 Å². The summed E-state index contributed by atoms with van der Waals surface area (Å²) in [5.41, 5.74) is 8.33. The second-order valence-electron chi connectivity index (χ2n) is 7.40. The van der Waals surface area contributed by atoms with Crippen molar-refractivity contribution < 1.29 is 9.59 Å². The second kappa shape index (κ2) is 6.33. The van der Waals surface area contributed by atoms with E-state index in [0.717, 1.165) is 22.5 Å². The summed E-state index contributed by atoms with van der Waals surface area (Å²) >= 11 is 0. The lowest BCUT2D eigenvalue weighted by Crippen LogP contribution is -2.64. The predicted octanol–water partition coefficient (Wildman–Crippen LogP) is 1.95. The van der Waals surface area contributed by atoms with Crippen molar-refractivity contribution in [1.29, 1.82) is 0 Å². The van der Waals surface area contributed by atoms with Crippen LogP contribution < -0.4 is 10.6 Å². The average Bonchev–Trinajstić information content (AvgIpc) is 3.09. The van der Waals surface area contributed by atoms with Gasteiger partial charge in [-0.25, -0.2) is 9.50 Å². The minimum atomic E-state index is -0.885. The van der Waals surface area contributed by atoms with Crippen LogP contribution in [0.5, 0.6) is 0 Å². The van der Waals surface area contributed by atoms with Crippen LogP contribution in [0.1, 0.15) is 20.8 Å². The molecule has 28 heavy (non-hydrogen) atoms. The molecule has 3 aromatic rings. The third kappa shape index (κ3) is 2.69. The van der Waals surface area contributed by atoms with E-state index in [1.54, 1.807) is 28.2 Å². The quantitative estimate of drug-likeness (QED) is 0.735. The van der Waals surface area contributed by atoms with Crippen molar-refractivity contribution >= 4 is 28.8 Å². The van der Waals surface area contributed by atoms with Crippen LogP contribution in [-0.2, 0) is 9.59 Å². The van der Waals surface area contributed by atoms with E-state index in [1.807, 2.05) is 36.4 Å². The third-order valence-corrected chi connectivity index (χ3v) is 5.31. The van der Waals surface area contributed by atoms with Crippen molar-refractivity contribution in [2.75, 3.05) is 23.7 Å². The minimum Gasteiger partial charge on any atom is -0.382 e. The van der Waals surface area contributed by atoms with Crippen molar-refractivity contribution in [1.82, 2.24) is 19.5 Å². The number of hydrogen-bond acceptors (Lipinski definition) is 5. The molecule has 3 heterocycles. The number of nitrogens with two attached hydrogens (primary N) is 1. The second-order valence-corrected chi connectivity index (χ2v) is 7.40. The zero-order valence-corrected chi connectivity index (χ0v) is 16.1. The normalized spacial score (nSPS) is 16.6. The summed E-state index contributed by atoms with van der Waals surface area (Å²) in [7, 11) is 0. The number of nitrogen functional groups attached to an aromatic ring is 1. The Morgan fingerprint density at radius 2 is 1.96 bits per heavy atom. The lowest BCUT2D eigenvalue weighted by atomic mass is 9.96. The number of rotatable bonds is 2. The molecule has 8 heteroatoms. The molecule has 0 spiro atoms. The highest BCUT2D eigenvalue weighted by atomic mass is 16.2. The number of carbonyl (C=O) groups excluding carboxylic acids is 2. The Labute approximate surface area is 162 Å². The first-order chi connectivity index (χ1) is 13.3. The number of carbonyl (C=O) groups is 2. The van der Waals surface area contributed by atoms with Gasteiger partial charge >= 0.3 is 0 Å². The molecule has 0 atom stereocenters. The number of aromatic nitrogens is 3. The first kappa shape index (κ1) is 18.0. The van der Waals surface area contributed by atoms with Crippen LogP contribution in [0.2, 0.25) is 0 Å². The summed E-state index contributed by atoms with van der Waals surface area (Å²) in [6.45, 7) is 6.02. The highest BCUT2D eigenvalue weighted by molar-refractivity contribution is 6.03. The van der Waals surface area contributed by atoms with Gasteiger partial charge in [-0.2, -0.15) is 5.10 Å². The number of benzene rings is 1. The molecule has 0 aliphatic carbocycles. The number of anilines is 2. The Morgan fingerprint density at radius 3 is 2.71 bits per heavy atom.